The lowest BCUT2D eigenvalue weighted by Gasteiger charge is -2.14. The Balaban J connectivity index is 2.44. The minimum Gasteiger partial charge on any atom is -0.467 e. The molecule has 2 aromatic rings. The van der Waals surface area contributed by atoms with Crippen molar-refractivity contribution < 1.29 is 12.8 Å². The number of sulfone groups is 1. The van der Waals surface area contributed by atoms with Crippen LogP contribution in [-0.2, 0) is 9.84 Å². The molecule has 2 rings (SSSR count). The predicted molar refractivity (Wildman–Crippen MR) is 67.4 cm³/mol. The molecule has 0 spiro atoms. The first-order valence-corrected chi connectivity index (χ1v) is 7.21. The number of nitrogens with two attached hydrogens (primary N) is 1. The number of hydrazine groups is 1. The molecule has 1 aromatic heterocycles. The monoisotopic (exact) mass is 266 g/mol. The Morgan fingerprint density at radius 2 is 2.06 bits per heavy atom. The molecule has 0 amide bonds. The van der Waals surface area contributed by atoms with Gasteiger partial charge in [0, 0.05) is 6.26 Å². The van der Waals surface area contributed by atoms with Gasteiger partial charge in [-0.05, 0) is 29.8 Å². The van der Waals surface area contributed by atoms with E-state index in [0.29, 0.717) is 5.76 Å². The van der Waals surface area contributed by atoms with Gasteiger partial charge < -0.3 is 4.42 Å². The van der Waals surface area contributed by atoms with Crippen molar-refractivity contribution >= 4 is 9.84 Å². The average Bonchev–Trinajstić information content (AvgIpc) is 2.83. The van der Waals surface area contributed by atoms with Crippen LogP contribution in [0.4, 0.5) is 0 Å². The molecular weight excluding hydrogens is 252 g/mol. The molecule has 0 saturated heterocycles. The molecule has 0 fully saturated rings. The Labute approximate surface area is 105 Å². The lowest BCUT2D eigenvalue weighted by molar-refractivity contribution is 0.452. The largest absolute Gasteiger partial charge is 0.467 e. The molecule has 0 radical (unpaired) electrons. The molecule has 96 valence electrons. The van der Waals surface area contributed by atoms with Crippen molar-refractivity contribution in [1.82, 2.24) is 5.43 Å². The second-order valence-electron chi connectivity index (χ2n) is 3.96. The van der Waals surface area contributed by atoms with Gasteiger partial charge >= 0.3 is 0 Å². The average molecular weight is 266 g/mol. The number of hydrogen-bond acceptors (Lipinski definition) is 5. The first-order valence-electron chi connectivity index (χ1n) is 5.32. The number of benzene rings is 1. The molecule has 0 aliphatic heterocycles. The first-order chi connectivity index (χ1) is 8.52. The van der Waals surface area contributed by atoms with Crippen LogP contribution in [0.15, 0.2) is 52.0 Å². The Kier molecular flexibility index (Phi) is 3.51. The molecular formula is C12H14N2O3S. The highest BCUT2D eigenvalue weighted by molar-refractivity contribution is 7.90. The second-order valence-corrected chi connectivity index (χ2v) is 5.98. The summed E-state index contributed by atoms with van der Waals surface area (Å²) < 4.78 is 28.3. The zero-order valence-corrected chi connectivity index (χ0v) is 10.6. The van der Waals surface area contributed by atoms with Crippen LogP contribution in [-0.4, -0.2) is 14.7 Å². The molecule has 0 bridgehead atoms. The molecule has 5 nitrogen and oxygen atoms in total. The van der Waals surface area contributed by atoms with E-state index in [4.69, 9.17) is 10.3 Å². The van der Waals surface area contributed by atoms with Crippen LogP contribution in [0.25, 0.3) is 0 Å². The van der Waals surface area contributed by atoms with Crippen LogP contribution >= 0.6 is 0 Å². The summed E-state index contributed by atoms with van der Waals surface area (Å²) in [7, 11) is -3.24. The maximum Gasteiger partial charge on any atom is 0.175 e. The summed E-state index contributed by atoms with van der Waals surface area (Å²) in [6, 6.07) is 9.76. The van der Waals surface area contributed by atoms with Gasteiger partial charge in [-0.1, -0.05) is 12.1 Å². The summed E-state index contributed by atoms with van der Waals surface area (Å²) in [4.78, 5) is 0.256. The number of nitrogens with one attached hydrogen (secondary N) is 1. The number of hydrogen-bond donors (Lipinski definition) is 2. The summed E-state index contributed by atoms with van der Waals surface area (Å²) in [5.41, 5.74) is 3.34. The van der Waals surface area contributed by atoms with E-state index in [1.807, 2.05) is 0 Å². The molecule has 1 unspecified atom stereocenters. The molecule has 1 atom stereocenters. The van der Waals surface area contributed by atoms with Crippen LogP contribution in [0.5, 0.6) is 0 Å². The van der Waals surface area contributed by atoms with E-state index in [1.54, 1.807) is 42.7 Å². The minimum atomic E-state index is -3.24. The van der Waals surface area contributed by atoms with E-state index in [-0.39, 0.29) is 10.9 Å². The Hall–Kier alpha value is -1.63. The number of furan rings is 1. The molecule has 1 heterocycles. The molecule has 0 aliphatic rings. The zero-order valence-electron chi connectivity index (χ0n) is 9.83. The van der Waals surface area contributed by atoms with Crippen LogP contribution in [0.3, 0.4) is 0 Å². The standard InChI is InChI=1S/C12H14N2O3S/c1-18(15,16)10-5-2-4-9(8-10)12(14-13)11-6-3-7-17-11/h2-8,12,14H,13H2,1H3. The SMILES string of the molecule is CS(=O)(=O)c1cccc(C(NN)c2ccco2)c1. The maximum absolute atomic E-state index is 11.5. The van der Waals surface area contributed by atoms with Crippen molar-refractivity contribution in [2.45, 2.75) is 10.9 Å². The van der Waals surface area contributed by atoms with Gasteiger partial charge in [-0.3, -0.25) is 5.84 Å². The summed E-state index contributed by atoms with van der Waals surface area (Å²) in [6.07, 6.45) is 2.71. The highest BCUT2D eigenvalue weighted by Gasteiger charge is 2.17. The van der Waals surface area contributed by atoms with Crippen LogP contribution < -0.4 is 11.3 Å². The number of rotatable bonds is 4. The van der Waals surface area contributed by atoms with Gasteiger partial charge in [-0.2, -0.15) is 0 Å². The molecule has 1 aromatic carbocycles. The van der Waals surface area contributed by atoms with Crippen LogP contribution in [0.2, 0.25) is 0 Å². The topological polar surface area (TPSA) is 85.3 Å². The van der Waals surface area contributed by atoms with Gasteiger partial charge in [-0.15, -0.1) is 0 Å². The molecule has 0 saturated carbocycles. The second kappa shape index (κ2) is 4.93. The Morgan fingerprint density at radius 3 is 2.61 bits per heavy atom. The van der Waals surface area contributed by atoms with Crippen molar-refractivity contribution in [1.29, 1.82) is 0 Å². The Bertz CT molecular complexity index is 621. The Morgan fingerprint density at radius 1 is 1.28 bits per heavy atom. The van der Waals surface area contributed by atoms with Crippen LogP contribution in [0, 0.1) is 0 Å². The molecule has 18 heavy (non-hydrogen) atoms. The lowest BCUT2D eigenvalue weighted by atomic mass is 10.1. The zero-order chi connectivity index (χ0) is 13.2. The van der Waals surface area contributed by atoms with Crippen molar-refractivity contribution in [2.75, 3.05) is 6.26 Å². The summed E-state index contributed by atoms with van der Waals surface area (Å²) in [5, 5.41) is 0. The van der Waals surface area contributed by atoms with Crippen molar-refractivity contribution in [3.05, 3.63) is 54.0 Å². The van der Waals surface area contributed by atoms with Gasteiger partial charge in [0.15, 0.2) is 9.84 Å². The minimum absolute atomic E-state index is 0.256. The molecule has 0 aliphatic carbocycles. The van der Waals surface area contributed by atoms with Crippen molar-refractivity contribution in [2.24, 2.45) is 5.84 Å². The first kappa shape index (κ1) is 12.8. The third kappa shape index (κ3) is 2.61. The van der Waals surface area contributed by atoms with E-state index in [2.05, 4.69) is 5.43 Å². The summed E-state index contributed by atoms with van der Waals surface area (Å²) in [6.45, 7) is 0. The third-order valence-corrected chi connectivity index (χ3v) is 3.72. The summed E-state index contributed by atoms with van der Waals surface area (Å²) >= 11 is 0. The fraction of sp³-hybridized carbons (Fsp3) is 0.167. The maximum atomic E-state index is 11.5. The van der Waals surface area contributed by atoms with Gasteiger partial charge in [0.05, 0.1) is 11.2 Å². The smallest absolute Gasteiger partial charge is 0.175 e. The van der Waals surface area contributed by atoms with E-state index in [9.17, 15) is 8.42 Å². The quantitative estimate of drug-likeness (QED) is 0.642. The third-order valence-electron chi connectivity index (χ3n) is 2.61. The highest BCUT2D eigenvalue weighted by Crippen LogP contribution is 2.23. The van der Waals surface area contributed by atoms with E-state index in [0.717, 1.165) is 5.56 Å². The van der Waals surface area contributed by atoms with E-state index < -0.39 is 9.84 Å². The van der Waals surface area contributed by atoms with Crippen molar-refractivity contribution in [3.63, 3.8) is 0 Å². The fourth-order valence-electron chi connectivity index (χ4n) is 1.72. The highest BCUT2D eigenvalue weighted by atomic mass is 32.2. The lowest BCUT2D eigenvalue weighted by Crippen LogP contribution is -2.28. The van der Waals surface area contributed by atoms with Crippen molar-refractivity contribution in [3.8, 4) is 0 Å². The molecule has 6 heteroatoms. The molecule has 3 N–H and O–H groups in total. The summed E-state index contributed by atoms with van der Waals surface area (Å²) in [5.74, 6) is 6.12. The van der Waals surface area contributed by atoms with E-state index >= 15 is 0 Å². The van der Waals surface area contributed by atoms with Gasteiger partial charge in [0.2, 0.25) is 0 Å². The van der Waals surface area contributed by atoms with Gasteiger partial charge in [-0.25, -0.2) is 13.8 Å². The fourth-order valence-corrected chi connectivity index (χ4v) is 2.40. The predicted octanol–water partition coefficient (Wildman–Crippen LogP) is 1.24. The van der Waals surface area contributed by atoms with Gasteiger partial charge in [0.1, 0.15) is 11.8 Å². The van der Waals surface area contributed by atoms with Gasteiger partial charge in [0.25, 0.3) is 0 Å². The van der Waals surface area contributed by atoms with Crippen LogP contribution in [0.1, 0.15) is 17.4 Å². The normalized spacial score (nSPS) is 13.4. The van der Waals surface area contributed by atoms with E-state index in [1.165, 1.54) is 6.26 Å².